The van der Waals surface area contributed by atoms with E-state index in [9.17, 15) is 13.2 Å². The summed E-state index contributed by atoms with van der Waals surface area (Å²) in [4.78, 5) is 14.1. The van der Waals surface area contributed by atoms with Crippen LogP contribution in [0.25, 0.3) is 0 Å². The van der Waals surface area contributed by atoms with Crippen LogP contribution in [0.15, 0.2) is 29.2 Å². The fraction of sp³-hybridized carbons (Fsp3) is 0.500. The Morgan fingerprint density at radius 1 is 1.27 bits per heavy atom. The number of hydrogen-bond donors (Lipinski definition) is 2. The van der Waals surface area contributed by atoms with Crippen LogP contribution in [-0.2, 0) is 14.8 Å². The number of rotatable bonds is 3. The predicted molar refractivity (Wildman–Crippen MR) is 83.3 cm³/mol. The SMILES string of the molecule is CNS(=O)(=O)c1cccc(NC(=O)N2C[C@@H](C)O[C@@H](C)C2)c1. The third kappa shape index (κ3) is 3.96. The number of benzene rings is 1. The van der Waals surface area contributed by atoms with Crippen molar-refractivity contribution in [1.29, 1.82) is 0 Å². The van der Waals surface area contributed by atoms with Crippen LogP contribution in [0.2, 0.25) is 0 Å². The van der Waals surface area contributed by atoms with Crippen LogP contribution in [0.5, 0.6) is 0 Å². The van der Waals surface area contributed by atoms with Gasteiger partial charge in [0.05, 0.1) is 17.1 Å². The van der Waals surface area contributed by atoms with Crippen molar-refractivity contribution >= 4 is 21.7 Å². The smallest absolute Gasteiger partial charge is 0.322 e. The number of amides is 2. The Morgan fingerprint density at radius 2 is 1.91 bits per heavy atom. The first kappa shape index (κ1) is 16.7. The number of carbonyl (C=O) groups excluding carboxylic acids is 1. The minimum absolute atomic E-state index is 0.0227. The van der Waals surface area contributed by atoms with Crippen LogP contribution < -0.4 is 10.0 Å². The maximum absolute atomic E-state index is 12.3. The summed E-state index contributed by atoms with van der Waals surface area (Å²) in [7, 11) is -2.19. The minimum Gasteiger partial charge on any atom is -0.372 e. The Labute approximate surface area is 130 Å². The zero-order valence-corrected chi connectivity index (χ0v) is 13.7. The molecule has 0 radical (unpaired) electrons. The number of urea groups is 1. The lowest BCUT2D eigenvalue weighted by Gasteiger charge is -2.35. The normalized spacial score (nSPS) is 22.4. The molecule has 1 aromatic carbocycles. The molecule has 1 fully saturated rings. The standard InChI is InChI=1S/C14H21N3O4S/c1-10-8-17(9-11(2)21-10)14(18)16-12-5-4-6-13(7-12)22(19,20)15-3/h4-7,10-11,15H,8-9H2,1-3H3,(H,16,18)/t10-,11+. The molecule has 2 rings (SSSR count). The molecule has 1 aliphatic rings. The summed E-state index contributed by atoms with van der Waals surface area (Å²) in [6, 6.07) is 5.88. The molecule has 0 aliphatic carbocycles. The fourth-order valence-electron chi connectivity index (χ4n) is 2.41. The molecule has 0 bridgehead atoms. The van der Waals surface area contributed by atoms with E-state index in [1.807, 2.05) is 13.8 Å². The van der Waals surface area contributed by atoms with Crippen LogP contribution in [-0.4, -0.2) is 51.7 Å². The lowest BCUT2D eigenvalue weighted by molar-refractivity contribution is -0.0530. The summed E-state index contributed by atoms with van der Waals surface area (Å²) >= 11 is 0. The summed E-state index contributed by atoms with van der Waals surface area (Å²) in [5.41, 5.74) is 0.438. The van der Waals surface area contributed by atoms with Gasteiger partial charge in [0.15, 0.2) is 0 Å². The molecule has 2 atom stereocenters. The van der Waals surface area contributed by atoms with Gasteiger partial charge in [0.1, 0.15) is 0 Å². The number of sulfonamides is 1. The van der Waals surface area contributed by atoms with Gasteiger partial charge in [0.2, 0.25) is 10.0 Å². The van der Waals surface area contributed by atoms with E-state index >= 15 is 0 Å². The molecule has 0 aromatic heterocycles. The van der Waals surface area contributed by atoms with E-state index in [1.165, 1.54) is 19.2 Å². The summed E-state index contributed by atoms with van der Waals surface area (Å²) in [5.74, 6) is 0. The fourth-order valence-corrected chi connectivity index (χ4v) is 3.18. The summed E-state index contributed by atoms with van der Waals surface area (Å²) < 4.78 is 31.4. The maximum Gasteiger partial charge on any atom is 0.322 e. The minimum atomic E-state index is -3.53. The van der Waals surface area contributed by atoms with Crippen LogP contribution >= 0.6 is 0 Å². The molecule has 2 amide bonds. The highest BCUT2D eigenvalue weighted by Crippen LogP contribution is 2.17. The Hall–Kier alpha value is -1.64. The van der Waals surface area contributed by atoms with Gasteiger partial charge >= 0.3 is 6.03 Å². The molecule has 1 aromatic rings. The number of morpholine rings is 1. The number of nitrogens with one attached hydrogen (secondary N) is 2. The van der Waals surface area contributed by atoms with Gasteiger partial charge in [-0.2, -0.15) is 0 Å². The van der Waals surface area contributed by atoms with Gasteiger partial charge < -0.3 is 15.0 Å². The molecule has 1 aliphatic heterocycles. The van der Waals surface area contributed by atoms with Gasteiger partial charge in [-0.15, -0.1) is 0 Å². The van der Waals surface area contributed by atoms with Crippen molar-refractivity contribution in [3.8, 4) is 0 Å². The van der Waals surface area contributed by atoms with E-state index in [-0.39, 0.29) is 23.1 Å². The van der Waals surface area contributed by atoms with Crippen LogP contribution in [0.3, 0.4) is 0 Å². The first-order valence-corrected chi connectivity index (χ1v) is 8.55. The topological polar surface area (TPSA) is 87.7 Å². The van der Waals surface area contributed by atoms with Crippen molar-refractivity contribution in [1.82, 2.24) is 9.62 Å². The molecule has 0 spiro atoms. The molecular weight excluding hydrogens is 306 g/mol. The van der Waals surface area contributed by atoms with E-state index < -0.39 is 10.0 Å². The third-order valence-corrected chi connectivity index (χ3v) is 4.78. The molecular formula is C14H21N3O4S. The molecule has 122 valence electrons. The Bertz CT molecular complexity index is 637. The van der Waals surface area contributed by atoms with E-state index in [2.05, 4.69) is 10.0 Å². The van der Waals surface area contributed by atoms with Crippen molar-refractivity contribution in [2.24, 2.45) is 0 Å². The van der Waals surface area contributed by atoms with Crippen LogP contribution in [0.1, 0.15) is 13.8 Å². The zero-order valence-electron chi connectivity index (χ0n) is 12.9. The van der Waals surface area contributed by atoms with Crippen molar-refractivity contribution in [2.45, 2.75) is 31.0 Å². The molecule has 0 saturated carbocycles. The Balaban J connectivity index is 2.10. The van der Waals surface area contributed by atoms with E-state index in [0.29, 0.717) is 18.8 Å². The summed E-state index contributed by atoms with van der Waals surface area (Å²) in [6.45, 7) is 4.83. The highest BCUT2D eigenvalue weighted by Gasteiger charge is 2.26. The van der Waals surface area contributed by atoms with Gasteiger partial charge in [0.25, 0.3) is 0 Å². The van der Waals surface area contributed by atoms with E-state index in [0.717, 1.165) is 0 Å². The summed E-state index contributed by atoms with van der Waals surface area (Å²) in [5, 5.41) is 2.73. The van der Waals surface area contributed by atoms with Crippen molar-refractivity contribution < 1.29 is 17.9 Å². The van der Waals surface area contributed by atoms with Crippen molar-refractivity contribution in [2.75, 3.05) is 25.5 Å². The van der Waals surface area contributed by atoms with Crippen LogP contribution in [0, 0.1) is 0 Å². The second kappa shape index (κ2) is 6.64. The quantitative estimate of drug-likeness (QED) is 0.874. The molecule has 0 unspecified atom stereocenters. The first-order valence-electron chi connectivity index (χ1n) is 7.07. The second-order valence-corrected chi connectivity index (χ2v) is 7.21. The number of nitrogens with zero attached hydrogens (tertiary/aromatic N) is 1. The molecule has 7 nitrogen and oxygen atoms in total. The second-order valence-electron chi connectivity index (χ2n) is 5.33. The molecule has 2 N–H and O–H groups in total. The highest BCUT2D eigenvalue weighted by molar-refractivity contribution is 7.89. The average molecular weight is 327 g/mol. The van der Waals surface area contributed by atoms with Crippen molar-refractivity contribution in [3.05, 3.63) is 24.3 Å². The number of anilines is 1. The van der Waals surface area contributed by atoms with Crippen LogP contribution in [0.4, 0.5) is 10.5 Å². The monoisotopic (exact) mass is 327 g/mol. The molecule has 22 heavy (non-hydrogen) atoms. The van der Waals surface area contributed by atoms with Gasteiger partial charge in [-0.3, -0.25) is 0 Å². The van der Waals surface area contributed by atoms with E-state index in [1.54, 1.807) is 17.0 Å². The summed E-state index contributed by atoms with van der Waals surface area (Å²) in [6.07, 6.45) is -0.0454. The van der Waals surface area contributed by atoms with Gasteiger partial charge in [0, 0.05) is 18.8 Å². The predicted octanol–water partition coefficient (Wildman–Crippen LogP) is 1.24. The maximum atomic E-state index is 12.3. The number of hydrogen-bond acceptors (Lipinski definition) is 4. The highest BCUT2D eigenvalue weighted by atomic mass is 32.2. The first-order chi connectivity index (χ1) is 10.3. The molecule has 1 heterocycles. The molecule has 1 saturated heterocycles. The van der Waals surface area contributed by atoms with Gasteiger partial charge in [-0.05, 0) is 39.1 Å². The number of ether oxygens (including phenoxy) is 1. The lowest BCUT2D eigenvalue weighted by atomic mass is 10.2. The number of carbonyl (C=O) groups is 1. The molecule has 8 heteroatoms. The van der Waals surface area contributed by atoms with Crippen molar-refractivity contribution in [3.63, 3.8) is 0 Å². The van der Waals surface area contributed by atoms with Gasteiger partial charge in [-0.1, -0.05) is 6.07 Å². The lowest BCUT2D eigenvalue weighted by Crippen LogP contribution is -2.49. The van der Waals surface area contributed by atoms with Gasteiger partial charge in [-0.25, -0.2) is 17.9 Å². The zero-order chi connectivity index (χ0) is 16.3. The Kier molecular flexibility index (Phi) is 5.05. The average Bonchev–Trinajstić information content (AvgIpc) is 2.46. The largest absolute Gasteiger partial charge is 0.372 e. The Morgan fingerprint density at radius 3 is 2.50 bits per heavy atom. The third-order valence-electron chi connectivity index (χ3n) is 3.37. The van der Waals surface area contributed by atoms with E-state index in [4.69, 9.17) is 4.74 Å².